The van der Waals surface area contributed by atoms with Crippen molar-refractivity contribution in [1.82, 2.24) is 14.8 Å². The van der Waals surface area contributed by atoms with Crippen LogP contribution in [0, 0.1) is 6.92 Å². The van der Waals surface area contributed by atoms with Crippen molar-refractivity contribution in [3.63, 3.8) is 0 Å². The molecule has 112 valence electrons. The molecule has 1 N–H and O–H groups in total. The predicted molar refractivity (Wildman–Crippen MR) is 81.9 cm³/mol. The maximum absolute atomic E-state index is 11.0. The molecule has 0 radical (unpaired) electrons. The highest BCUT2D eigenvalue weighted by molar-refractivity contribution is 5.95. The summed E-state index contributed by atoms with van der Waals surface area (Å²) in [6.45, 7) is 1.64. The Morgan fingerprint density at radius 3 is 2.91 bits per heavy atom. The number of fused-ring (bicyclic) bond motifs is 1. The first-order valence-electron chi connectivity index (χ1n) is 6.78. The van der Waals surface area contributed by atoms with Crippen LogP contribution in [0.1, 0.15) is 5.69 Å². The molecule has 0 bridgehead atoms. The van der Waals surface area contributed by atoms with Crippen LogP contribution in [0.5, 0.6) is 5.75 Å². The van der Waals surface area contributed by atoms with Crippen LogP contribution < -0.4 is 4.74 Å². The summed E-state index contributed by atoms with van der Waals surface area (Å²) in [5, 5.41) is 14.1. The van der Waals surface area contributed by atoms with Crippen molar-refractivity contribution >= 4 is 17.0 Å². The molecule has 0 aliphatic rings. The van der Waals surface area contributed by atoms with E-state index in [-0.39, 0.29) is 6.54 Å². The molecular weight excluding hydrogens is 282 g/mol. The molecule has 2 aromatic heterocycles. The molecule has 0 atom stereocenters. The number of methoxy groups -OCH3 is 1. The van der Waals surface area contributed by atoms with Gasteiger partial charge in [-0.2, -0.15) is 5.10 Å². The standard InChI is InChI=1S/C16H15N3O3/c1-10-15-13(11-4-3-5-12(8-11)22-2)6-7-17-16(15)19(18-10)9-14(20)21/h3-8H,9H2,1-2H3,(H,20,21). The van der Waals surface area contributed by atoms with Crippen molar-refractivity contribution < 1.29 is 14.6 Å². The van der Waals surface area contributed by atoms with Gasteiger partial charge < -0.3 is 9.84 Å². The van der Waals surface area contributed by atoms with Crippen molar-refractivity contribution in [2.45, 2.75) is 13.5 Å². The van der Waals surface area contributed by atoms with Gasteiger partial charge in [-0.3, -0.25) is 4.79 Å². The fraction of sp³-hybridized carbons (Fsp3) is 0.188. The number of carboxylic acids is 1. The first-order valence-corrected chi connectivity index (χ1v) is 6.78. The van der Waals surface area contributed by atoms with E-state index in [1.165, 1.54) is 4.68 Å². The third-order valence-corrected chi connectivity index (χ3v) is 3.47. The second-order valence-electron chi connectivity index (χ2n) is 4.93. The monoisotopic (exact) mass is 297 g/mol. The Labute approximate surface area is 127 Å². The lowest BCUT2D eigenvalue weighted by Crippen LogP contribution is -2.10. The summed E-state index contributed by atoms with van der Waals surface area (Å²) < 4.78 is 6.68. The van der Waals surface area contributed by atoms with E-state index in [1.54, 1.807) is 13.3 Å². The zero-order valence-corrected chi connectivity index (χ0v) is 12.3. The third-order valence-electron chi connectivity index (χ3n) is 3.47. The quantitative estimate of drug-likeness (QED) is 0.800. The van der Waals surface area contributed by atoms with Gasteiger partial charge in [0.2, 0.25) is 0 Å². The summed E-state index contributed by atoms with van der Waals surface area (Å²) in [6, 6.07) is 9.60. The summed E-state index contributed by atoms with van der Waals surface area (Å²) in [5.74, 6) is -0.184. The van der Waals surface area contributed by atoms with Gasteiger partial charge in [0.1, 0.15) is 12.3 Å². The van der Waals surface area contributed by atoms with Crippen LogP contribution in [0.4, 0.5) is 0 Å². The van der Waals surface area contributed by atoms with E-state index >= 15 is 0 Å². The SMILES string of the molecule is COc1cccc(-c2ccnc3c2c(C)nn3CC(=O)O)c1. The number of hydrogen-bond donors (Lipinski definition) is 1. The van der Waals surface area contributed by atoms with E-state index < -0.39 is 5.97 Å². The van der Waals surface area contributed by atoms with Gasteiger partial charge in [0.15, 0.2) is 5.65 Å². The number of aromatic nitrogens is 3. The maximum Gasteiger partial charge on any atom is 0.325 e. The molecular formula is C16H15N3O3. The lowest BCUT2D eigenvalue weighted by molar-refractivity contribution is -0.137. The minimum atomic E-state index is -0.946. The molecule has 0 spiro atoms. The number of ether oxygens (including phenoxy) is 1. The highest BCUT2D eigenvalue weighted by atomic mass is 16.5. The Hall–Kier alpha value is -2.89. The fourth-order valence-electron chi connectivity index (χ4n) is 2.55. The van der Waals surface area contributed by atoms with Crippen LogP contribution in [0.25, 0.3) is 22.2 Å². The Balaban J connectivity index is 2.22. The van der Waals surface area contributed by atoms with E-state index in [4.69, 9.17) is 9.84 Å². The van der Waals surface area contributed by atoms with E-state index in [2.05, 4.69) is 10.1 Å². The number of carbonyl (C=O) groups is 1. The average Bonchev–Trinajstić information content (AvgIpc) is 2.83. The number of rotatable bonds is 4. The number of benzene rings is 1. The zero-order valence-electron chi connectivity index (χ0n) is 12.3. The topological polar surface area (TPSA) is 77.2 Å². The van der Waals surface area contributed by atoms with Gasteiger partial charge in [-0.25, -0.2) is 9.67 Å². The second-order valence-corrected chi connectivity index (χ2v) is 4.93. The van der Waals surface area contributed by atoms with E-state index in [0.29, 0.717) is 5.65 Å². The third kappa shape index (κ3) is 2.39. The Bertz CT molecular complexity index is 855. The number of aliphatic carboxylic acids is 1. The van der Waals surface area contributed by atoms with Crippen molar-refractivity contribution in [1.29, 1.82) is 0 Å². The minimum Gasteiger partial charge on any atom is -0.497 e. The highest BCUT2D eigenvalue weighted by Crippen LogP contribution is 2.31. The molecule has 3 rings (SSSR count). The van der Waals surface area contributed by atoms with Crippen LogP contribution in [0.2, 0.25) is 0 Å². The van der Waals surface area contributed by atoms with Crippen LogP contribution in [0.3, 0.4) is 0 Å². The number of hydrogen-bond acceptors (Lipinski definition) is 4. The zero-order chi connectivity index (χ0) is 15.7. The maximum atomic E-state index is 11.0. The summed E-state index contributed by atoms with van der Waals surface area (Å²) in [5.41, 5.74) is 3.25. The molecule has 22 heavy (non-hydrogen) atoms. The summed E-state index contributed by atoms with van der Waals surface area (Å²) >= 11 is 0. The van der Waals surface area contributed by atoms with Gasteiger partial charge in [-0.15, -0.1) is 0 Å². The van der Waals surface area contributed by atoms with Crippen molar-refractivity contribution in [2.24, 2.45) is 0 Å². The molecule has 0 saturated carbocycles. The van der Waals surface area contributed by atoms with Crippen molar-refractivity contribution in [2.75, 3.05) is 7.11 Å². The highest BCUT2D eigenvalue weighted by Gasteiger charge is 2.15. The minimum absolute atomic E-state index is 0.209. The van der Waals surface area contributed by atoms with Crippen LogP contribution in [-0.4, -0.2) is 33.0 Å². The number of nitrogens with zero attached hydrogens (tertiary/aromatic N) is 3. The molecule has 2 heterocycles. The molecule has 0 unspecified atom stereocenters. The van der Waals surface area contributed by atoms with Gasteiger partial charge in [-0.05, 0) is 36.2 Å². The number of carboxylic acid groups (broad SMARTS) is 1. The Morgan fingerprint density at radius 2 is 2.18 bits per heavy atom. The summed E-state index contributed by atoms with van der Waals surface area (Å²) in [4.78, 5) is 15.2. The lowest BCUT2D eigenvalue weighted by atomic mass is 10.0. The van der Waals surface area contributed by atoms with E-state index in [9.17, 15) is 4.79 Å². The smallest absolute Gasteiger partial charge is 0.325 e. The van der Waals surface area contributed by atoms with Gasteiger partial charge >= 0.3 is 5.97 Å². The number of aryl methyl sites for hydroxylation is 1. The molecule has 6 nitrogen and oxygen atoms in total. The Kier molecular flexibility index (Phi) is 3.50. The molecule has 0 saturated heterocycles. The molecule has 0 aliphatic carbocycles. The van der Waals surface area contributed by atoms with Crippen LogP contribution >= 0.6 is 0 Å². The van der Waals surface area contributed by atoms with Crippen molar-refractivity contribution in [3.05, 3.63) is 42.2 Å². The molecule has 0 fully saturated rings. The van der Waals surface area contributed by atoms with Gasteiger partial charge in [0.25, 0.3) is 0 Å². The fourth-order valence-corrected chi connectivity index (χ4v) is 2.55. The van der Waals surface area contributed by atoms with Crippen molar-refractivity contribution in [3.8, 4) is 16.9 Å². The van der Waals surface area contributed by atoms with E-state index in [1.807, 2.05) is 37.3 Å². The molecule has 3 aromatic rings. The molecule has 0 aliphatic heterocycles. The lowest BCUT2D eigenvalue weighted by Gasteiger charge is -2.06. The summed E-state index contributed by atoms with van der Waals surface area (Å²) in [7, 11) is 1.62. The number of pyridine rings is 1. The average molecular weight is 297 g/mol. The first kappa shape index (κ1) is 14.1. The van der Waals surface area contributed by atoms with Crippen LogP contribution in [-0.2, 0) is 11.3 Å². The molecule has 0 amide bonds. The van der Waals surface area contributed by atoms with Gasteiger partial charge in [0.05, 0.1) is 12.8 Å². The Morgan fingerprint density at radius 1 is 1.36 bits per heavy atom. The predicted octanol–water partition coefficient (Wildman–Crippen LogP) is 2.50. The molecule has 1 aromatic carbocycles. The summed E-state index contributed by atoms with van der Waals surface area (Å²) in [6.07, 6.45) is 1.66. The van der Waals surface area contributed by atoms with Gasteiger partial charge in [-0.1, -0.05) is 12.1 Å². The van der Waals surface area contributed by atoms with E-state index in [0.717, 1.165) is 28.0 Å². The first-order chi connectivity index (χ1) is 10.6. The second kappa shape index (κ2) is 5.48. The molecule has 6 heteroatoms. The largest absolute Gasteiger partial charge is 0.497 e. The van der Waals surface area contributed by atoms with Gasteiger partial charge in [0, 0.05) is 11.6 Å². The normalized spacial score (nSPS) is 10.8. The van der Waals surface area contributed by atoms with Crippen LogP contribution in [0.15, 0.2) is 36.5 Å².